The summed E-state index contributed by atoms with van der Waals surface area (Å²) in [7, 11) is 0. The summed E-state index contributed by atoms with van der Waals surface area (Å²) < 4.78 is 28.8. The van der Waals surface area contributed by atoms with E-state index in [0.717, 1.165) is 0 Å². The highest BCUT2D eigenvalue weighted by Gasteiger charge is 2.15. The fraction of sp³-hybridized carbons (Fsp3) is 0.500. The minimum absolute atomic E-state index is 0.0296. The van der Waals surface area contributed by atoms with Gasteiger partial charge in [0.15, 0.2) is 5.83 Å². The van der Waals surface area contributed by atoms with Gasteiger partial charge in [0.2, 0.25) is 5.83 Å². The van der Waals surface area contributed by atoms with Crippen LogP contribution in [-0.4, -0.2) is 17.9 Å². The number of ether oxygens (including phenoxy) is 1. The molecule has 0 aliphatic rings. The van der Waals surface area contributed by atoms with Crippen molar-refractivity contribution >= 4 is 21.9 Å². The van der Waals surface area contributed by atoms with Crippen molar-refractivity contribution in [3.8, 4) is 0 Å². The van der Waals surface area contributed by atoms with Crippen molar-refractivity contribution in [3.05, 3.63) is 11.7 Å². The van der Waals surface area contributed by atoms with Gasteiger partial charge in [-0.15, -0.1) is 0 Å². The molecule has 0 amide bonds. The van der Waals surface area contributed by atoms with E-state index in [1.807, 2.05) is 0 Å². The quantitative estimate of drug-likeness (QED) is 0.420. The molecule has 0 heterocycles. The Kier molecular flexibility index (Phi) is 5.02. The summed E-state index contributed by atoms with van der Waals surface area (Å²) in [5, 5.41) is -0.322. The maximum atomic E-state index is 12.4. The lowest BCUT2D eigenvalue weighted by atomic mass is 10.5. The fourth-order valence-corrected chi connectivity index (χ4v) is 0.610. The number of alkyl halides is 1. The molecular weight excluding hydrogens is 222 g/mol. The molecule has 0 spiro atoms. The molecule has 0 fully saturated rings. The third-order valence-corrected chi connectivity index (χ3v) is 1.30. The fourth-order valence-electron chi connectivity index (χ4n) is 0.364. The van der Waals surface area contributed by atoms with Crippen LogP contribution in [0.5, 0.6) is 0 Å². The molecule has 0 aromatic carbocycles. The first-order chi connectivity index (χ1) is 5.13. The van der Waals surface area contributed by atoms with E-state index in [1.165, 1.54) is 6.92 Å². The number of halogens is 3. The third kappa shape index (κ3) is 3.46. The van der Waals surface area contributed by atoms with E-state index < -0.39 is 17.6 Å². The van der Waals surface area contributed by atoms with Crippen molar-refractivity contribution < 1.29 is 18.3 Å². The maximum Gasteiger partial charge on any atom is 0.369 e. The van der Waals surface area contributed by atoms with Crippen molar-refractivity contribution in [3.63, 3.8) is 0 Å². The SMILES string of the molecule is CCOC(=O)C(F)=C(F)CBr. The largest absolute Gasteiger partial charge is 0.461 e. The molecule has 5 heteroatoms. The van der Waals surface area contributed by atoms with E-state index in [-0.39, 0.29) is 11.9 Å². The molecule has 0 radical (unpaired) electrons. The molecule has 64 valence electrons. The van der Waals surface area contributed by atoms with Crippen molar-refractivity contribution in [1.29, 1.82) is 0 Å². The molecule has 0 unspecified atom stereocenters. The van der Waals surface area contributed by atoms with Crippen LogP contribution in [-0.2, 0) is 9.53 Å². The first kappa shape index (κ1) is 10.6. The van der Waals surface area contributed by atoms with E-state index in [1.54, 1.807) is 0 Å². The topological polar surface area (TPSA) is 26.3 Å². The Morgan fingerprint density at radius 2 is 2.09 bits per heavy atom. The minimum Gasteiger partial charge on any atom is -0.461 e. The van der Waals surface area contributed by atoms with Gasteiger partial charge in [0, 0.05) is 0 Å². The van der Waals surface area contributed by atoms with Gasteiger partial charge in [0.25, 0.3) is 0 Å². The lowest BCUT2D eigenvalue weighted by molar-refractivity contribution is -0.140. The molecule has 0 aromatic rings. The lowest BCUT2D eigenvalue weighted by Crippen LogP contribution is -2.06. The van der Waals surface area contributed by atoms with Gasteiger partial charge in [-0.2, -0.15) is 4.39 Å². The highest BCUT2D eigenvalue weighted by atomic mass is 79.9. The van der Waals surface area contributed by atoms with E-state index in [0.29, 0.717) is 0 Å². The standard InChI is InChI=1S/C6H7BrF2O2/c1-2-11-6(10)5(9)4(8)3-7/h2-3H2,1H3. The number of carbonyl (C=O) groups is 1. The molecule has 0 N–H and O–H groups in total. The number of allylic oxidation sites excluding steroid dienone is 1. The van der Waals surface area contributed by atoms with Crippen LogP contribution in [0.25, 0.3) is 0 Å². The second-order valence-corrected chi connectivity index (χ2v) is 2.13. The summed E-state index contributed by atoms with van der Waals surface area (Å²) in [5.41, 5.74) is 0. The van der Waals surface area contributed by atoms with E-state index in [4.69, 9.17) is 0 Å². The molecule has 0 saturated carbocycles. The van der Waals surface area contributed by atoms with Gasteiger partial charge in [-0.05, 0) is 6.92 Å². The molecule has 0 bridgehead atoms. The zero-order chi connectivity index (χ0) is 8.85. The molecule has 2 nitrogen and oxygen atoms in total. The molecule has 0 atom stereocenters. The van der Waals surface area contributed by atoms with Crippen LogP contribution < -0.4 is 0 Å². The number of hydrogen-bond donors (Lipinski definition) is 0. The van der Waals surface area contributed by atoms with E-state index in [2.05, 4.69) is 20.7 Å². The predicted octanol–water partition coefficient (Wildman–Crippen LogP) is 2.09. The normalized spacial score (nSPS) is 12.4. The van der Waals surface area contributed by atoms with Crippen LogP contribution in [0, 0.1) is 0 Å². The first-order valence-corrected chi connectivity index (χ1v) is 4.02. The Morgan fingerprint density at radius 1 is 1.55 bits per heavy atom. The average Bonchev–Trinajstić information content (AvgIpc) is 2.02. The number of rotatable bonds is 3. The summed E-state index contributed by atoms with van der Waals surface area (Å²) in [6, 6.07) is 0. The van der Waals surface area contributed by atoms with Crippen LogP contribution in [0.2, 0.25) is 0 Å². The van der Waals surface area contributed by atoms with Crippen LogP contribution in [0.4, 0.5) is 8.78 Å². The molecular formula is C6H7BrF2O2. The van der Waals surface area contributed by atoms with E-state index >= 15 is 0 Å². The van der Waals surface area contributed by atoms with Gasteiger partial charge >= 0.3 is 5.97 Å². The number of carbonyl (C=O) groups excluding carboxylic acids is 1. The second kappa shape index (κ2) is 5.23. The predicted molar refractivity (Wildman–Crippen MR) is 39.7 cm³/mol. The van der Waals surface area contributed by atoms with Gasteiger partial charge in [0.1, 0.15) is 0 Å². The van der Waals surface area contributed by atoms with Crippen molar-refractivity contribution in [2.75, 3.05) is 11.9 Å². The average molecular weight is 229 g/mol. The van der Waals surface area contributed by atoms with Crippen LogP contribution in [0.3, 0.4) is 0 Å². The van der Waals surface area contributed by atoms with Crippen LogP contribution in [0.1, 0.15) is 6.92 Å². The molecule has 0 rings (SSSR count). The van der Waals surface area contributed by atoms with Gasteiger partial charge in [0.05, 0.1) is 11.9 Å². The summed E-state index contributed by atoms with van der Waals surface area (Å²) in [6.45, 7) is 1.54. The Balaban J connectivity index is 4.22. The molecule has 0 aliphatic carbocycles. The van der Waals surface area contributed by atoms with E-state index in [9.17, 15) is 13.6 Å². The molecule has 0 aromatic heterocycles. The zero-order valence-electron chi connectivity index (χ0n) is 5.86. The van der Waals surface area contributed by atoms with Crippen LogP contribution >= 0.6 is 15.9 Å². The summed E-state index contributed by atoms with van der Waals surface area (Å²) in [6.07, 6.45) is 0. The molecule has 0 aliphatic heterocycles. The van der Waals surface area contributed by atoms with Crippen molar-refractivity contribution in [2.45, 2.75) is 6.92 Å². The molecule has 0 saturated heterocycles. The highest BCUT2D eigenvalue weighted by Crippen LogP contribution is 2.11. The van der Waals surface area contributed by atoms with Crippen molar-refractivity contribution in [2.24, 2.45) is 0 Å². The second-order valence-electron chi connectivity index (χ2n) is 1.57. The minimum atomic E-state index is -1.47. The van der Waals surface area contributed by atoms with Crippen LogP contribution in [0.15, 0.2) is 11.7 Å². The Hall–Kier alpha value is -0.450. The van der Waals surface area contributed by atoms with Gasteiger partial charge in [-0.3, -0.25) is 0 Å². The Bertz CT molecular complexity index is 179. The summed E-state index contributed by atoms with van der Waals surface area (Å²) in [5.74, 6) is -3.88. The lowest BCUT2D eigenvalue weighted by Gasteiger charge is -1.98. The Labute approximate surface area is 71.3 Å². The maximum absolute atomic E-state index is 12.4. The van der Waals surface area contributed by atoms with Crippen molar-refractivity contribution in [1.82, 2.24) is 0 Å². The monoisotopic (exact) mass is 228 g/mol. The highest BCUT2D eigenvalue weighted by molar-refractivity contribution is 9.09. The summed E-state index contributed by atoms with van der Waals surface area (Å²) in [4.78, 5) is 10.4. The number of esters is 1. The molecule has 11 heavy (non-hydrogen) atoms. The smallest absolute Gasteiger partial charge is 0.369 e. The Morgan fingerprint density at radius 3 is 2.45 bits per heavy atom. The van der Waals surface area contributed by atoms with Gasteiger partial charge in [-0.1, -0.05) is 15.9 Å². The summed E-state index contributed by atoms with van der Waals surface area (Å²) >= 11 is 2.65. The van der Waals surface area contributed by atoms with Gasteiger partial charge < -0.3 is 4.74 Å². The number of hydrogen-bond acceptors (Lipinski definition) is 2. The third-order valence-electron chi connectivity index (χ3n) is 0.810. The van der Waals surface area contributed by atoms with Gasteiger partial charge in [-0.25, -0.2) is 9.18 Å². The first-order valence-electron chi connectivity index (χ1n) is 2.90. The zero-order valence-corrected chi connectivity index (χ0v) is 7.45.